The second-order valence-corrected chi connectivity index (χ2v) is 6.82. The van der Waals surface area contributed by atoms with Crippen LogP contribution in [0.1, 0.15) is 43.6 Å². The third-order valence-electron chi connectivity index (χ3n) is 4.93. The van der Waals surface area contributed by atoms with Crippen molar-refractivity contribution in [1.29, 1.82) is 0 Å². The molecule has 124 valence electrons. The van der Waals surface area contributed by atoms with Gasteiger partial charge in [-0.3, -0.25) is 9.48 Å². The highest BCUT2D eigenvalue weighted by Crippen LogP contribution is 2.17. The van der Waals surface area contributed by atoms with E-state index in [1.165, 1.54) is 12.0 Å². The summed E-state index contributed by atoms with van der Waals surface area (Å²) < 4.78 is 1.94. The van der Waals surface area contributed by atoms with Crippen LogP contribution in [0.3, 0.4) is 0 Å². The fourth-order valence-corrected chi connectivity index (χ4v) is 3.06. The molecule has 0 aromatic carbocycles. The lowest BCUT2D eigenvalue weighted by Gasteiger charge is -2.20. The van der Waals surface area contributed by atoms with E-state index in [9.17, 15) is 4.79 Å². The molecule has 1 amide bonds. The van der Waals surface area contributed by atoms with E-state index in [0.29, 0.717) is 24.9 Å². The number of carbonyl (C=O) groups is 1. The molecule has 1 aromatic heterocycles. The van der Waals surface area contributed by atoms with Crippen LogP contribution < -0.4 is 5.32 Å². The van der Waals surface area contributed by atoms with Gasteiger partial charge in [0.25, 0.3) is 0 Å². The minimum absolute atomic E-state index is 0.133. The number of nitrogens with zero attached hydrogens (tertiary/aromatic N) is 3. The standard InChI is InChI=1S/C17H30N4O/c1-12(2)20-8-6-16(11-20)10-18-17(22)7-9-21-15(5)13(3)14(4)19-21/h12,16H,6-11H2,1-5H3,(H,18,22)/t16-/m0/s1. The molecule has 5 nitrogen and oxygen atoms in total. The van der Waals surface area contributed by atoms with E-state index in [0.717, 1.165) is 31.0 Å². The molecule has 0 aliphatic carbocycles. The van der Waals surface area contributed by atoms with Crippen LogP contribution in [0, 0.1) is 26.7 Å². The molecule has 2 heterocycles. The first kappa shape index (κ1) is 17.0. The van der Waals surface area contributed by atoms with Gasteiger partial charge in [0.1, 0.15) is 0 Å². The highest BCUT2D eigenvalue weighted by molar-refractivity contribution is 5.75. The van der Waals surface area contributed by atoms with Crippen LogP contribution in [-0.2, 0) is 11.3 Å². The largest absolute Gasteiger partial charge is 0.356 e. The monoisotopic (exact) mass is 306 g/mol. The highest BCUT2D eigenvalue weighted by Gasteiger charge is 2.24. The van der Waals surface area contributed by atoms with Gasteiger partial charge in [-0.25, -0.2) is 0 Å². The summed E-state index contributed by atoms with van der Waals surface area (Å²) in [7, 11) is 0. The Bertz CT molecular complexity index is 521. The smallest absolute Gasteiger partial charge is 0.221 e. The van der Waals surface area contributed by atoms with Crippen LogP contribution >= 0.6 is 0 Å². The lowest BCUT2D eigenvalue weighted by atomic mass is 10.1. The van der Waals surface area contributed by atoms with Crippen LogP contribution in [-0.4, -0.2) is 46.3 Å². The molecule has 1 atom stereocenters. The molecule has 0 bridgehead atoms. The number of amides is 1. The number of hydrogen-bond acceptors (Lipinski definition) is 3. The van der Waals surface area contributed by atoms with Gasteiger partial charge in [0.15, 0.2) is 0 Å². The molecule has 1 aliphatic heterocycles. The quantitative estimate of drug-likeness (QED) is 0.875. The third-order valence-corrected chi connectivity index (χ3v) is 4.93. The summed E-state index contributed by atoms with van der Waals surface area (Å²) in [6.07, 6.45) is 1.69. The molecule has 1 aromatic rings. The van der Waals surface area contributed by atoms with Gasteiger partial charge in [-0.15, -0.1) is 0 Å². The fraction of sp³-hybridized carbons (Fsp3) is 0.765. The predicted octanol–water partition coefficient (Wildman–Crippen LogP) is 2.04. The Hall–Kier alpha value is -1.36. The Morgan fingerprint density at radius 1 is 1.36 bits per heavy atom. The third kappa shape index (κ3) is 4.09. The highest BCUT2D eigenvalue weighted by atomic mass is 16.1. The van der Waals surface area contributed by atoms with Gasteiger partial charge in [-0.2, -0.15) is 5.10 Å². The zero-order chi connectivity index (χ0) is 16.3. The van der Waals surface area contributed by atoms with Gasteiger partial charge in [0, 0.05) is 37.8 Å². The number of aromatic nitrogens is 2. The Morgan fingerprint density at radius 2 is 2.09 bits per heavy atom. The van der Waals surface area contributed by atoms with E-state index in [1.807, 2.05) is 11.6 Å². The SMILES string of the molecule is Cc1nn(CCC(=O)NC[C@@H]2CCN(C(C)C)C2)c(C)c1C. The lowest BCUT2D eigenvalue weighted by Crippen LogP contribution is -2.33. The number of hydrogen-bond donors (Lipinski definition) is 1. The van der Waals surface area contributed by atoms with E-state index >= 15 is 0 Å². The molecular weight excluding hydrogens is 276 g/mol. The second-order valence-electron chi connectivity index (χ2n) is 6.82. The Kier molecular flexibility index (Phi) is 5.62. The van der Waals surface area contributed by atoms with Crippen molar-refractivity contribution >= 4 is 5.91 Å². The average Bonchev–Trinajstić information content (AvgIpc) is 3.04. The van der Waals surface area contributed by atoms with Crippen LogP contribution in [0.4, 0.5) is 0 Å². The maximum absolute atomic E-state index is 12.0. The first-order chi connectivity index (χ1) is 10.4. The number of nitrogens with one attached hydrogen (secondary N) is 1. The van der Waals surface area contributed by atoms with Crippen LogP contribution in [0.5, 0.6) is 0 Å². The average molecular weight is 306 g/mol. The number of aryl methyl sites for hydroxylation is 2. The van der Waals surface area contributed by atoms with Crippen molar-refractivity contribution in [3.05, 3.63) is 17.0 Å². The summed E-state index contributed by atoms with van der Waals surface area (Å²) in [5.41, 5.74) is 3.44. The zero-order valence-electron chi connectivity index (χ0n) is 14.6. The van der Waals surface area contributed by atoms with E-state index in [-0.39, 0.29) is 5.91 Å². The summed E-state index contributed by atoms with van der Waals surface area (Å²) in [6.45, 7) is 14.3. The first-order valence-corrected chi connectivity index (χ1v) is 8.39. The summed E-state index contributed by atoms with van der Waals surface area (Å²) in [6, 6.07) is 0.606. The number of carbonyl (C=O) groups excluding carboxylic acids is 1. The van der Waals surface area contributed by atoms with Crippen LogP contribution in [0.25, 0.3) is 0 Å². The fourth-order valence-electron chi connectivity index (χ4n) is 3.06. The molecule has 2 rings (SSSR count). The molecule has 0 radical (unpaired) electrons. The maximum Gasteiger partial charge on any atom is 0.221 e. The molecular formula is C17H30N4O. The molecule has 1 fully saturated rings. The van der Waals surface area contributed by atoms with Crippen molar-refractivity contribution in [2.24, 2.45) is 5.92 Å². The van der Waals surface area contributed by atoms with Crippen LogP contribution in [0.15, 0.2) is 0 Å². The van der Waals surface area contributed by atoms with Crippen molar-refractivity contribution in [3.8, 4) is 0 Å². The Labute approximate surface area is 134 Å². The van der Waals surface area contributed by atoms with Gasteiger partial charge >= 0.3 is 0 Å². The molecule has 5 heteroatoms. The second kappa shape index (κ2) is 7.27. The Balaban J connectivity index is 1.71. The normalized spacial score (nSPS) is 19.1. The molecule has 0 spiro atoms. The van der Waals surface area contributed by atoms with Crippen LogP contribution in [0.2, 0.25) is 0 Å². The Morgan fingerprint density at radius 3 is 2.64 bits per heavy atom. The minimum Gasteiger partial charge on any atom is -0.356 e. The van der Waals surface area contributed by atoms with E-state index < -0.39 is 0 Å². The van der Waals surface area contributed by atoms with E-state index in [1.54, 1.807) is 0 Å². The maximum atomic E-state index is 12.0. The van der Waals surface area contributed by atoms with Crippen molar-refractivity contribution in [3.63, 3.8) is 0 Å². The molecule has 0 unspecified atom stereocenters. The van der Waals surface area contributed by atoms with Crippen molar-refractivity contribution in [2.45, 2.75) is 60.0 Å². The number of likely N-dealkylation sites (tertiary alicyclic amines) is 1. The zero-order valence-corrected chi connectivity index (χ0v) is 14.6. The van der Waals surface area contributed by atoms with Gasteiger partial charge < -0.3 is 10.2 Å². The van der Waals surface area contributed by atoms with Gasteiger partial charge in [0.05, 0.1) is 5.69 Å². The topological polar surface area (TPSA) is 50.2 Å². The van der Waals surface area contributed by atoms with Gasteiger partial charge in [-0.05, 0) is 59.1 Å². The first-order valence-electron chi connectivity index (χ1n) is 8.39. The molecule has 0 saturated carbocycles. The van der Waals surface area contributed by atoms with Crippen molar-refractivity contribution < 1.29 is 4.79 Å². The summed E-state index contributed by atoms with van der Waals surface area (Å²) in [4.78, 5) is 14.5. The predicted molar refractivity (Wildman–Crippen MR) is 88.9 cm³/mol. The molecule has 22 heavy (non-hydrogen) atoms. The lowest BCUT2D eigenvalue weighted by molar-refractivity contribution is -0.121. The van der Waals surface area contributed by atoms with Crippen molar-refractivity contribution in [2.75, 3.05) is 19.6 Å². The van der Waals surface area contributed by atoms with E-state index in [2.05, 4.69) is 43.0 Å². The van der Waals surface area contributed by atoms with Crippen molar-refractivity contribution in [1.82, 2.24) is 20.0 Å². The molecule has 1 aliphatic rings. The molecule has 1 N–H and O–H groups in total. The summed E-state index contributed by atoms with van der Waals surface area (Å²) in [5.74, 6) is 0.732. The van der Waals surface area contributed by atoms with Gasteiger partial charge in [0.2, 0.25) is 5.91 Å². The molecule has 1 saturated heterocycles. The minimum atomic E-state index is 0.133. The van der Waals surface area contributed by atoms with Gasteiger partial charge in [-0.1, -0.05) is 0 Å². The summed E-state index contributed by atoms with van der Waals surface area (Å²) in [5, 5.41) is 7.57. The summed E-state index contributed by atoms with van der Waals surface area (Å²) >= 11 is 0. The number of rotatable bonds is 6. The van der Waals surface area contributed by atoms with E-state index in [4.69, 9.17) is 0 Å².